The van der Waals surface area contributed by atoms with E-state index in [0.29, 0.717) is 0 Å². The largest absolute Gasteiger partial charge is 0.314 e. The van der Waals surface area contributed by atoms with Crippen molar-refractivity contribution in [1.82, 2.24) is 20.0 Å². The van der Waals surface area contributed by atoms with Crippen LogP contribution in [0.4, 0.5) is 0 Å². The van der Waals surface area contributed by atoms with E-state index in [1.54, 1.807) is 0 Å². The first-order chi connectivity index (χ1) is 8.31. The summed E-state index contributed by atoms with van der Waals surface area (Å²) in [5.74, 6) is 0.946. The van der Waals surface area contributed by atoms with Crippen LogP contribution in [0.5, 0.6) is 0 Å². The van der Waals surface area contributed by atoms with Gasteiger partial charge in [-0.25, -0.2) is 0 Å². The molecule has 3 saturated heterocycles. The van der Waals surface area contributed by atoms with Crippen LogP contribution in [0.3, 0.4) is 0 Å². The number of piperazine rings is 1. The van der Waals surface area contributed by atoms with Crippen LogP contribution in [0.15, 0.2) is 0 Å². The molecular formula is C13H26N4. The van der Waals surface area contributed by atoms with Crippen molar-refractivity contribution in [3.8, 4) is 0 Å². The Kier molecular flexibility index (Phi) is 3.66. The van der Waals surface area contributed by atoms with Gasteiger partial charge in [0.25, 0.3) is 0 Å². The fourth-order valence-electron chi connectivity index (χ4n) is 3.63. The quantitative estimate of drug-likeness (QED) is 0.717. The first kappa shape index (κ1) is 11.9. The number of likely N-dealkylation sites (tertiary alicyclic amines) is 2. The van der Waals surface area contributed by atoms with Gasteiger partial charge in [0.05, 0.1) is 0 Å². The standard InChI is InChI=1S/C13H26N4/c1-15-8-12(9-15)10-16-5-2-13(11-16)17-6-3-14-4-7-17/h12-14H,2-11H2,1H3. The zero-order valence-electron chi connectivity index (χ0n) is 11.1. The van der Waals surface area contributed by atoms with Gasteiger partial charge in [-0.15, -0.1) is 0 Å². The van der Waals surface area contributed by atoms with Crippen LogP contribution >= 0.6 is 0 Å². The van der Waals surface area contributed by atoms with Crippen molar-refractivity contribution in [2.24, 2.45) is 5.92 Å². The molecule has 0 aromatic heterocycles. The average Bonchev–Trinajstić information content (AvgIpc) is 2.77. The summed E-state index contributed by atoms with van der Waals surface area (Å²) in [7, 11) is 2.23. The minimum Gasteiger partial charge on any atom is -0.314 e. The lowest BCUT2D eigenvalue weighted by molar-refractivity contribution is 0.0942. The highest BCUT2D eigenvalue weighted by molar-refractivity contribution is 4.88. The average molecular weight is 238 g/mol. The van der Waals surface area contributed by atoms with Gasteiger partial charge in [-0.05, 0) is 25.9 Å². The van der Waals surface area contributed by atoms with Crippen molar-refractivity contribution < 1.29 is 0 Å². The molecule has 3 aliphatic heterocycles. The van der Waals surface area contributed by atoms with Gasteiger partial charge in [-0.3, -0.25) is 4.90 Å². The second kappa shape index (κ2) is 5.22. The Morgan fingerprint density at radius 1 is 1.06 bits per heavy atom. The highest BCUT2D eigenvalue weighted by atomic mass is 15.3. The third kappa shape index (κ3) is 2.81. The van der Waals surface area contributed by atoms with E-state index < -0.39 is 0 Å². The molecule has 3 fully saturated rings. The fourth-order valence-corrected chi connectivity index (χ4v) is 3.63. The molecule has 17 heavy (non-hydrogen) atoms. The molecule has 1 atom stereocenters. The summed E-state index contributed by atoms with van der Waals surface area (Å²) < 4.78 is 0. The Labute approximate surface area is 105 Å². The molecule has 0 amide bonds. The third-order valence-corrected chi connectivity index (χ3v) is 4.57. The fraction of sp³-hybridized carbons (Fsp3) is 1.00. The smallest absolute Gasteiger partial charge is 0.0236 e. The molecule has 98 valence electrons. The molecule has 3 aliphatic rings. The second-order valence-corrected chi connectivity index (χ2v) is 6.08. The highest BCUT2D eigenvalue weighted by Crippen LogP contribution is 2.20. The lowest BCUT2D eigenvalue weighted by atomic mass is 10.0. The van der Waals surface area contributed by atoms with Gasteiger partial charge >= 0.3 is 0 Å². The van der Waals surface area contributed by atoms with Crippen LogP contribution in [0, 0.1) is 5.92 Å². The summed E-state index contributed by atoms with van der Waals surface area (Å²) in [4.78, 5) is 7.82. The summed E-state index contributed by atoms with van der Waals surface area (Å²) in [6.45, 7) is 11.5. The predicted octanol–water partition coefficient (Wildman–Crippen LogP) is -0.472. The summed E-state index contributed by atoms with van der Waals surface area (Å²) in [6.07, 6.45) is 1.39. The molecule has 4 nitrogen and oxygen atoms in total. The topological polar surface area (TPSA) is 21.8 Å². The zero-order valence-corrected chi connectivity index (χ0v) is 11.1. The number of hydrogen-bond acceptors (Lipinski definition) is 4. The van der Waals surface area contributed by atoms with E-state index >= 15 is 0 Å². The monoisotopic (exact) mass is 238 g/mol. The molecular weight excluding hydrogens is 212 g/mol. The van der Waals surface area contributed by atoms with Gasteiger partial charge in [0.2, 0.25) is 0 Å². The van der Waals surface area contributed by atoms with Crippen LogP contribution in [0.1, 0.15) is 6.42 Å². The minimum atomic E-state index is 0.843. The minimum absolute atomic E-state index is 0.843. The van der Waals surface area contributed by atoms with Gasteiger partial charge in [-0.2, -0.15) is 0 Å². The van der Waals surface area contributed by atoms with E-state index in [1.165, 1.54) is 65.3 Å². The molecule has 0 aromatic carbocycles. The van der Waals surface area contributed by atoms with E-state index in [4.69, 9.17) is 0 Å². The van der Waals surface area contributed by atoms with Crippen LogP contribution in [0.2, 0.25) is 0 Å². The normalized spacial score (nSPS) is 34.1. The lowest BCUT2D eigenvalue weighted by Crippen LogP contribution is -2.51. The van der Waals surface area contributed by atoms with Crippen molar-refractivity contribution in [1.29, 1.82) is 0 Å². The molecule has 4 heteroatoms. The van der Waals surface area contributed by atoms with Crippen molar-refractivity contribution in [3.05, 3.63) is 0 Å². The zero-order chi connectivity index (χ0) is 11.7. The van der Waals surface area contributed by atoms with Gasteiger partial charge in [0.15, 0.2) is 0 Å². The van der Waals surface area contributed by atoms with E-state index in [1.807, 2.05) is 0 Å². The number of nitrogens with zero attached hydrogens (tertiary/aromatic N) is 3. The van der Waals surface area contributed by atoms with E-state index in [9.17, 15) is 0 Å². The molecule has 0 spiro atoms. The van der Waals surface area contributed by atoms with E-state index in [2.05, 4.69) is 27.1 Å². The van der Waals surface area contributed by atoms with E-state index in [-0.39, 0.29) is 0 Å². The highest BCUT2D eigenvalue weighted by Gasteiger charge is 2.31. The molecule has 3 heterocycles. The van der Waals surface area contributed by atoms with Crippen LogP contribution in [-0.4, -0.2) is 86.7 Å². The number of rotatable bonds is 3. The van der Waals surface area contributed by atoms with Gasteiger partial charge in [0.1, 0.15) is 0 Å². The van der Waals surface area contributed by atoms with Crippen LogP contribution in [-0.2, 0) is 0 Å². The molecule has 0 saturated carbocycles. The third-order valence-electron chi connectivity index (χ3n) is 4.57. The molecule has 3 rings (SSSR count). The van der Waals surface area contributed by atoms with E-state index in [0.717, 1.165) is 12.0 Å². The van der Waals surface area contributed by atoms with Crippen molar-refractivity contribution in [2.75, 3.05) is 66.0 Å². The van der Waals surface area contributed by atoms with Crippen LogP contribution < -0.4 is 5.32 Å². The molecule has 1 N–H and O–H groups in total. The van der Waals surface area contributed by atoms with Crippen molar-refractivity contribution in [2.45, 2.75) is 12.5 Å². The van der Waals surface area contributed by atoms with Gasteiger partial charge in [-0.1, -0.05) is 0 Å². The Morgan fingerprint density at radius 3 is 2.53 bits per heavy atom. The molecule has 1 unspecified atom stereocenters. The first-order valence-corrected chi connectivity index (χ1v) is 7.17. The van der Waals surface area contributed by atoms with Crippen molar-refractivity contribution in [3.63, 3.8) is 0 Å². The Balaban J connectivity index is 1.41. The maximum Gasteiger partial charge on any atom is 0.0236 e. The predicted molar refractivity (Wildman–Crippen MR) is 70.3 cm³/mol. The molecule has 0 aliphatic carbocycles. The maximum absolute atomic E-state index is 3.44. The van der Waals surface area contributed by atoms with Gasteiger partial charge < -0.3 is 15.1 Å². The molecule has 0 aromatic rings. The Morgan fingerprint density at radius 2 is 1.82 bits per heavy atom. The number of nitrogens with one attached hydrogen (secondary N) is 1. The molecule has 0 bridgehead atoms. The Hall–Kier alpha value is -0.160. The Bertz CT molecular complexity index is 246. The number of hydrogen-bond donors (Lipinski definition) is 1. The summed E-state index contributed by atoms with van der Waals surface area (Å²) in [5, 5.41) is 3.44. The van der Waals surface area contributed by atoms with Gasteiger partial charge in [0, 0.05) is 58.4 Å². The second-order valence-electron chi connectivity index (χ2n) is 6.08. The summed E-state index contributed by atoms with van der Waals surface area (Å²) >= 11 is 0. The maximum atomic E-state index is 3.44. The van der Waals surface area contributed by atoms with Crippen LogP contribution in [0.25, 0.3) is 0 Å². The molecule has 0 radical (unpaired) electrons. The summed E-state index contributed by atoms with van der Waals surface area (Å²) in [5.41, 5.74) is 0. The SMILES string of the molecule is CN1CC(CN2CCC(N3CCNCC3)C2)C1. The van der Waals surface area contributed by atoms with Crippen molar-refractivity contribution >= 4 is 0 Å². The first-order valence-electron chi connectivity index (χ1n) is 7.17. The lowest BCUT2D eigenvalue weighted by Gasteiger charge is -2.38. The summed E-state index contributed by atoms with van der Waals surface area (Å²) in [6, 6.07) is 0.843.